The lowest BCUT2D eigenvalue weighted by Gasteiger charge is -2.09. The number of aromatic nitrogens is 3. The minimum Gasteiger partial charge on any atom is -0.454 e. The lowest BCUT2D eigenvalue weighted by molar-refractivity contribution is -0.139. The maximum absolute atomic E-state index is 11.9. The highest BCUT2D eigenvalue weighted by Gasteiger charge is 2.08. The summed E-state index contributed by atoms with van der Waals surface area (Å²) in [4.78, 5) is 24.2. The van der Waals surface area contributed by atoms with Crippen molar-refractivity contribution in [2.75, 3.05) is 11.1 Å². The Morgan fingerprint density at radius 1 is 1.14 bits per heavy atom. The molecule has 0 saturated carbocycles. The highest BCUT2D eigenvalue weighted by molar-refractivity contribution is 6.30. The summed E-state index contributed by atoms with van der Waals surface area (Å²) in [7, 11) is 0. The minimum atomic E-state index is -0.526. The van der Waals surface area contributed by atoms with Crippen molar-refractivity contribution < 1.29 is 9.53 Å². The number of carbonyl (C=O) groups excluding carboxylic acids is 1. The molecule has 0 spiro atoms. The molecule has 1 aromatic heterocycles. The number of aryl methyl sites for hydroxylation is 1. The largest absolute Gasteiger partial charge is 0.454 e. The maximum atomic E-state index is 11.9. The smallest absolute Gasteiger partial charge is 0.331 e. The number of hydrogen-bond donors (Lipinski definition) is 2. The number of nitrogens with one attached hydrogen (secondary N) is 1. The maximum Gasteiger partial charge on any atom is 0.331 e. The Morgan fingerprint density at radius 2 is 1.89 bits per heavy atom. The molecular formula is C20H18ClN5O2. The monoisotopic (exact) mass is 395 g/mol. The fourth-order valence-electron chi connectivity index (χ4n) is 2.31. The van der Waals surface area contributed by atoms with Gasteiger partial charge in [-0.25, -0.2) is 4.79 Å². The van der Waals surface area contributed by atoms with E-state index in [-0.39, 0.29) is 24.3 Å². The van der Waals surface area contributed by atoms with Gasteiger partial charge in [0.1, 0.15) is 0 Å². The summed E-state index contributed by atoms with van der Waals surface area (Å²) in [5.41, 5.74) is 8.44. The van der Waals surface area contributed by atoms with Crippen molar-refractivity contribution in [1.29, 1.82) is 0 Å². The Morgan fingerprint density at radius 3 is 2.64 bits per heavy atom. The van der Waals surface area contributed by atoms with E-state index in [1.165, 1.54) is 6.08 Å². The van der Waals surface area contributed by atoms with Crippen molar-refractivity contribution in [1.82, 2.24) is 15.0 Å². The Bertz CT molecular complexity index is 1010. The third-order valence-corrected chi connectivity index (χ3v) is 3.97. The first-order valence-electron chi connectivity index (χ1n) is 8.43. The average Bonchev–Trinajstić information content (AvgIpc) is 2.67. The first-order valence-corrected chi connectivity index (χ1v) is 8.81. The second kappa shape index (κ2) is 8.96. The Balaban J connectivity index is 1.62. The van der Waals surface area contributed by atoms with E-state index in [4.69, 9.17) is 22.1 Å². The third kappa shape index (κ3) is 5.52. The first kappa shape index (κ1) is 19.3. The predicted molar refractivity (Wildman–Crippen MR) is 109 cm³/mol. The molecule has 142 valence electrons. The van der Waals surface area contributed by atoms with Gasteiger partial charge in [-0.15, -0.1) is 0 Å². The molecule has 1 heterocycles. The van der Waals surface area contributed by atoms with Gasteiger partial charge < -0.3 is 15.8 Å². The fraction of sp³-hybridized carbons (Fsp3) is 0.100. The topological polar surface area (TPSA) is 103 Å². The molecule has 2 aromatic carbocycles. The molecule has 0 radical (unpaired) electrons. The number of ether oxygens (including phenoxy) is 1. The second-order valence-corrected chi connectivity index (χ2v) is 6.30. The third-order valence-electron chi connectivity index (χ3n) is 3.72. The van der Waals surface area contributed by atoms with Crippen LogP contribution in [0.25, 0.3) is 6.08 Å². The van der Waals surface area contributed by atoms with Gasteiger partial charge >= 0.3 is 5.97 Å². The number of halogens is 1. The number of nitrogens with two attached hydrogens (primary N) is 1. The number of hydrogen-bond acceptors (Lipinski definition) is 7. The van der Waals surface area contributed by atoms with Crippen LogP contribution in [0.15, 0.2) is 54.6 Å². The molecule has 0 aliphatic heterocycles. The average molecular weight is 396 g/mol. The molecule has 0 atom stereocenters. The van der Waals surface area contributed by atoms with Crippen molar-refractivity contribution in [2.45, 2.75) is 13.5 Å². The van der Waals surface area contributed by atoms with E-state index in [0.29, 0.717) is 5.02 Å². The zero-order valence-electron chi connectivity index (χ0n) is 15.1. The fourth-order valence-corrected chi connectivity index (χ4v) is 2.44. The summed E-state index contributed by atoms with van der Waals surface area (Å²) in [5, 5.41) is 3.71. The summed E-state index contributed by atoms with van der Waals surface area (Å²) < 4.78 is 5.17. The van der Waals surface area contributed by atoms with Crippen molar-refractivity contribution in [2.24, 2.45) is 0 Å². The van der Waals surface area contributed by atoms with Crippen LogP contribution in [-0.4, -0.2) is 20.9 Å². The molecule has 0 aliphatic rings. The number of anilines is 3. The highest BCUT2D eigenvalue weighted by Crippen LogP contribution is 2.18. The summed E-state index contributed by atoms with van der Waals surface area (Å²) in [6, 6.07) is 14.8. The second-order valence-electron chi connectivity index (χ2n) is 5.87. The SMILES string of the molecule is Cc1ccccc1Nc1nc(N)nc(COC(=O)/C=C/c2ccc(Cl)cc2)n1. The van der Waals surface area contributed by atoms with Crippen LogP contribution in [0, 0.1) is 6.92 Å². The molecule has 0 aliphatic carbocycles. The summed E-state index contributed by atoms with van der Waals surface area (Å²) >= 11 is 5.83. The van der Waals surface area contributed by atoms with Crippen molar-refractivity contribution in [3.05, 3.63) is 76.6 Å². The van der Waals surface area contributed by atoms with Gasteiger partial charge in [0.25, 0.3) is 0 Å². The number of benzene rings is 2. The lowest BCUT2D eigenvalue weighted by Crippen LogP contribution is -2.10. The van der Waals surface area contributed by atoms with Gasteiger partial charge in [0.15, 0.2) is 12.4 Å². The van der Waals surface area contributed by atoms with Crippen LogP contribution in [0.5, 0.6) is 0 Å². The molecule has 0 fully saturated rings. The van der Waals surface area contributed by atoms with Crippen LogP contribution in [0.4, 0.5) is 17.6 Å². The van der Waals surface area contributed by atoms with Gasteiger partial charge in [0.05, 0.1) is 0 Å². The minimum absolute atomic E-state index is 0.0360. The molecule has 8 heteroatoms. The van der Waals surface area contributed by atoms with E-state index in [9.17, 15) is 4.79 Å². The van der Waals surface area contributed by atoms with Gasteiger partial charge in [0, 0.05) is 16.8 Å². The van der Waals surface area contributed by atoms with E-state index in [2.05, 4.69) is 20.3 Å². The van der Waals surface area contributed by atoms with Crippen LogP contribution in [-0.2, 0) is 16.1 Å². The first-order chi connectivity index (χ1) is 13.5. The predicted octanol–water partition coefficient (Wildman–Crippen LogP) is 3.92. The highest BCUT2D eigenvalue weighted by atomic mass is 35.5. The lowest BCUT2D eigenvalue weighted by atomic mass is 10.2. The van der Waals surface area contributed by atoms with Crippen molar-refractivity contribution >= 4 is 41.2 Å². The standard InChI is InChI=1S/C20H18ClN5O2/c1-13-4-2-3-5-16(13)23-20-25-17(24-19(22)26-20)12-28-18(27)11-8-14-6-9-15(21)10-7-14/h2-11H,12H2,1H3,(H3,22,23,24,25,26)/b11-8+. The van der Waals surface area contributed by atoms with Crippen LogP contribution < -0.4 is 11.1 Å². The molecule has 3 aromatic rings. The Labute approximate surface area is 167 Å². The summed E-state index contributed by atoms with van der Waals surface area (Å²) in [5.74, 6) is 0.0394. The number of rotatable bonds is 6. The van der Waals surface area contributed by atoms with E-state index in [1.807, 2.05) is 31.2 Å². The summed E-state index contributed by atoms with van der Waals surface area (Å²) in [6.45, 7) is 1.83. The molecule has 7 nitrogen and oxygen atoms in total. The van der Waals surface area contributed by atoms with E-state index < -0.39 is 5.97 Å². The van der Waals surface area contributed by atoms with Crippen LogP contribution >= 0.6 is 11.6 Å². The van der Waals surface area contributed by atoms with Crippen LogP contribution in [0.1, 0.15) is 17.0 Å². The van der Waals surface area contributed by atoms with Gasteiger partial charge in [0.2, 0.25) is 11.9 Å². The van der Waals surface area contributed by atoms with Crippen LogP contribution in [0.3, 0.4) is 0 Å². The Kier molecular flexibility index (Phi) is 6.18. The molecular weight excluding hydrogens is 378 g/mol. The number of nitrogen functional groups attached to an aromatic ring is 1. The van der Waals surface area contributed by atoms with Gasteiger partial charge in [-0.05, 0) is 42.3 Å². The van der Waals surface area contributed by atoms with Gasteiger partial charge in [-0.2, -0.15) is 15.0 Å². The quantitative estimate of drug-likeness (QED) is 0.481. The molecule has 3 rings (SSSR count). The summed E-state index contributed by atoms with van der Waals surface area (Å²) in [6.07, 6.45) is 2.95. The number of para-hydroxylation sites is 1. The molecule has 0 bridgehead atoms. The zero-order valence-corrected chi connectivity index (χ0v) is 15.8. The van der Waals surface area contributed by atoms with Gasteiger partial charge in [-0.1, -0.05) is 41.9 Å². The zero-order chi connectivity index (χ0) is 19.9. The van der Waals surface area contributed by atoms with Gasteiger partial charge in [-0.3, -0.25) is 0 Å². The van der Waals surface area contributed by atoms with E-state index >= 15 is 0 Å². The normalized spacial score (nSPS) is 10.8. The van der Waals surface area contributed by atoms with E-state index in [0.717, 1.165) is 16.8 Å². The van der Waals surface area contributed by atoms with Crippen molar-refractivity contribution in [3.63, 3.8) is 0 Å². The number of carbonyl (C=O) groups is 1. The number of esters is 1. The molecule has 28 heavy (non-hydrogen) atoms. The molecule has 3 N–H and O–H groups in total. The molecule has 0 saturated heterocycles. The van der Waals surface area contributed by atoms with E-state index in [1.54, 1.807) is 30.3 Å². The Hall–Kier alpha value is -3.45. The van der Waals surface area contributed by atoms with Crippen LogP contribution in [0.2, 0.25) is 5.02 Å². The number of nitrogens with zero attached hydrogens (tertiary/aromatic N) is 3. The van der Waals surface area contributed by atoms with Crippen molar-refractivity contribution in [3.8, 4) is 0 Å². The molecule has 0 unspecified atom stereocenters. The molecule has 0 amide bonds.